The summed E-state index contributed by atoms with van der Waals surface area (Å²) in [6.45, 7) is -0.648. The van der Waals surface area contributed by atoms with E-state index in [1.54, 1.807) is 24.3 Å². The van der Waals surface area contributed by atoms with Crippen LogP contribution in [0, 0.1) is 23.0 Å². The van der Waals surface area contributed by atoms with Crippen LogP contribution in [0.1, 0.15) is 11.1 Å². The molecule has 1 N–H and O–H groups in total. The summed E-state index contributed by atoms with van der Waals surface area (Å²) in [5.41, 5.74) is -0.251. The van der Waals surface area contributed by atoms with Gasteiger partial charge < -0.3 is 9.84 Å². The number of rotatable bonds is 5. The molecule has 0 aliphatic rings. The minimum Gasteiger partial charge on any atom is -0.454 e. The van der Waals surface area contributed by atoms with Crippen LogP contribution in [0.4, 0.5) is 8.78 Å². The van der Waals surface area contributed by atoms with E-state index in [4.69, 9.17) is 10.00 Å². The van der Waals surface area contributed by atoms with Gasteiger partial charge in [-0.3, -0.25) is 0 Å². The van der Waals surface area contributed by atoms with Gasteiger partial charge in [-0.1, -0.05) is 18.2 Å². The first-order chi connectivity index (χ1) is 14.9. The molecule has 6 nitrogen and oxygen atoms in total. The lowest BCUT2D eigenvalue weighted by Gasteiger charge is -2.14. The molecule has 0 aliphatic carbocycles. The second-order valence-corrected chi connectivity index (χ2v) is 8.36. The van der Waals surface area contributed by atoms with Crippen molar-refractivity contribution in [3.8, 4) is 17.6 Å². The fourth-order valence-corrected chi connectivity index (χ4v) is 4.59. The summed E-state index contributed by atoms with van der Waals surface area (Å²) in [5, 5.41) is 19.1. The SMILES string of the molecule is N#Cc1cc(Oc2c(F)cc3c(ccn3S(=O)(=O)c3ccccc3)c2CO)ccc1F. The Morgan fingerprint density at radius 2 is 1.77 bits per heavy atom. The molecule has 4 aromatic rings. The second-order valence-electron chi connectivity index (χ2n) is 6.54. The summed E-state index contributed by atoms with van der Waals surface area (Å²) in [4.78, 5) is 0.0223. The molecule has 0 bridgehead atoms. The molecule has 9 heteroatoms. The Morgan fingerprint density at radius 3 is 2.45 bits per heavy atom. The van der Waals surface area contributed by atoms with E-state index >= 15 is 0 Å². The topological polar surface area (TPSA) is 92.3 Å². The number of nitriles is 1. The Kier molecular flexibility index (Phi) is 5.19. The van der Waals surface area contributed by atoms with Gasteiger partial charge in [0.1, 0.15) is 17.6 Å². The van der Waals surface area contributed by atoms with E-state index in [0.717, 1.165) is 22.2 Å². The summed E-state index contributed by atoms with van der Waals surface area (Å²) in [5.74, 6) is -2.04. The molecule has 0 amide bonds. The Hall–Kier alpha value is -3.74. The fourth-order valence-electron chi connectivity index (χ4n) is 3.23. The lowest BCUT2D eigenvalue weighted by Crippen LogP contribution is -2.12. The molecule has 0 spiro atoms. The van der Waals surface area contributed by atoms with Gasteiger partial charge in [0.2, 0.25) is 0 Å². The minimum absolute atomic E-state index is 0.0118. The molecule has 31 heavy (non-hydrogen) atoms. The molecular weight excluding hydrogens is 426 g/mol. The van der Waals surface area contributed by atoms with Crippen molar-refractivity contribution in [1.82, 2.24) is 3.97 Å². The van der Waals surface area contributed by atoms with Crippen molar-refractivity contribution in [3.63, 3.8) is 0 Å². The van der Waals surface area contributed by atoms with E-state index in [9.17, 15) is 22.3 Å². The van der Waals surface area contributed by atoms with Crippen molar-refractivity contribution in [1.29, 1.82) is 5.26 Å². The normalized spacial score (nSPS) is 11.4. The quantitative estimate of drug-likeness (QED) is 0.499. The highest BCUT2D eigenvalue weighted by Crippen LogP contribution is 2.36. The summed E-state index contributed by atoms with van der Waals surface area (Å²) < 4.78 is 60.9. The molecule has 3 aromatic carbocycles. The molecule has 0 saturated carbocycles. The van der Waals surface area contributed by atoms with E-state index in [0.29, 0.717) is 0 Å². The fraction of sp³-hybridized carbons (Fsp3) is 0.0455. The van der Waals surface area contributed by atoms with E-state index in [1.165, 1.54) is 30.5 Å². The predicted octanol–water partition coefficient (Wildman–Crippen LogP) is 4.31. The highest BCUT2D eigenvalue weighted by Gasteiger charge is 2.23. The molecule has 0 fully saturated rings. The summed E-state index contributed by atoms with van der Waals surface area (Å²) in [6, 6.07) is 15.1. The van der Waals surface area contributed by atoms with Crippen LogP contribution in [0.25, 0.3) is 10.9 Å². The number of fused-ring (bicyclic) bond motifs is 1. The van der Waals surface area contributed by atoms with Crippen LogP contribution < -0.4 is 4.74 Å². The summed E-state index contributed by atoms with van der Waals surface area (Å²) in [7, 11) is -4.00. The average Bonchev–Trinajstić information content (AvgIpc) is 3.20. The van der Waals surface area contributed by atoms with Crippen molar-refractivity contribution in [2.75, 3.05) is 0 Å². The van der Waals surface area contributed by atoms with Crippen LogP contribution in [0.5, 0.6) is 11.5 Å². The van der Waals surface area contributed by atoms with Gasteiger partial charge in [0.05, 0.1) is 22.6 Å². The van der Waals surface area contributed by atoms with Crippen molar-refractivity contribution >= 4 is 20.9 Å². The molecule has 4 rings (SSSR count). The number of aliphatic hydroxyl groups is 1. The molecule has 0 unspecified atom stereocenters. The van der Waals surface area contributed by atoms with Gasteiger partial charge >= 0.3 is 0 Å². The Labute approximate surface area is 176 Å². The minimum atomic E-state index is -4.00. The first kappa shape index (κ1) is 20.5. The molecule has 0 radical (unpaired) electrons. The van der Waals surface area contributed by atoms with Gasteiger partial charge in [0.25, 0.3) is 10.0 Å². The first-order valence-electron chi connectivity index (χ1n) is 8.98. The number of halogens is 2. The first-order valence-corrected chi connectivity index (χ1v) is 10.4. The Bertz CT molecular complexity index is 1440. The predicted molar refractivity (Wildman–Crippen MR) is 108 cm³/mol. The third kappa shape index (κ3) is 3.52. The maximum absolute atomic E-state index is 15.0. The standard InChI is InChI=1S/C22H14F2N2O4S/c23-19-7-6-15(10-14(19)12-25)30-22-18(13-27)17-8-9-26(21(17)11-20(22)24)31(28,29)16-4-2-1-3-5-16/h1-11,27H,13H2. The van der Waals surface area contributed by atoms with Gasteiger partial charge in [-0.15, -0.1) is 0 Å². The molecular formula is C22H14F2N2O4S. The number of hydrogen-bond acceptors (Lipinski definition) is 5. The Morgan fingerprint density at radius 1 is 1.03 bits per heavy atom. The molecule has 1 heterocycles. The van der Waals surface area contributed by atoms with Gasteiger partial charge in [-0.05, 0) is 30.3 Å². The van der Waals surface area contributed by atoms with Crippen molar-refractivity contribution in [2.45, 2.75) is 11.5 Å². The maximum Gasteiger partial charge on any atom is 0.268 e. The lowest BCUT2D eigenvalue weighted by molar-refractivity contribution is 0.276. The van der Waals surface area contributed by atoms with E-state index < -0.39 is 28.3 Å². The number of aliphatic hydroxyl groups excluding tert-OH is 1. The van der Waals surface area contributed by atoms with Crippen LogP contribution in [-0.2, 0) is 16.6 Å². The number of aromatic nitrogens is 1. The average molecular weight is 440 g/mol. The third-order valence-electron chi connectivity index (χ3n) is 4.71. The highest BCUT2D eigenvalue weighted by atomic mass is 32.2. The molecule has 0 saturated heterocycles. The van der Waals surface area contributed by atoms with Crippen LogP contribution in [0.2, 0.25) is 0 Å². The monoisotopic (exact) mass is 440 g/mol. The lowest BCUT2D eigenvalue weighted by atomic mass is 10.1. The van der Waals surface area contributed by atoms with Crippen molar-refractivity contribution < 1.29 is 27.0 Å². The Balaban J connectivity index is 1.86. The van der Waals surface area contributed by atoms with Crippen LogP contribution in [0.3, 0.4) is 0 Å². The zero-order valence-corrected chi connectivity index (χ0v) is 16.6. The second kappa shape index (κ2) is 7.83. The largest absolute Gasteiger partial charge is 0.454 e. The zero-order valence-electron chi connectivity index (χ0n) is 15.8. The number of benzene rings is 3. The van der Waals surface area contributed by atoms with Gasteiger partial charge in [0, 0.05) is 29.3 Å². The number of nitrogens with zero attached hydrogens (tertiary/aromatic N) is 2. The van der Waals surface area contributed by atoms with Gasteiger partial charge in [-0.25, -0.2) is 21.2 Å². The smallest absolute Gasteiger partial charge is 0.268 e. The van der Waals surface area contributed by atoms with E-state index in [1.807, 2.05) is 0 Å². The van der Waals surface area contributed by atoms with Crippen LogP contribution >= 0.6 is 0 Å². The number of ether oxygens (including phenoxy) is 1. The van der Waals surface area contributed by atoms with E-state index in [-0.39, 0.29) is 38.4 Å². The van der Waals surface area contributed by atoms with Gasteiger partial charge in [-0.2, -0.15) is 5.26 Å². The van der Waals surface area contributed by atoms with Crippen molar-refractivity contribution in [2.24, 2.45) is 0 Å². The third-order valence-corrected chi connectivity index (χ3v) is 6.41. The molecule has 0 aliphatic heterocycles. The number of hydrogen-bond donors (Lipinski definition) is 1. The molecule has 0 atom stereocenters. The summed E-state index contributed by atoms with van der Waals surface area (Å²) in [6.07, 6.45) is 1.26. The zero-order chi connectivity index (χ0) is 22.2. The van der Waals surface area contributed by atoms with Crippen LogP contribution in [0.15, 0.2) is 71.8 Å². The summed E-state index contributed by atoms with van der Waals surface area (Å²) >= 11 is 0. The molecule has 1 aromatic heterocycles. The highest BCUT2D eigenvalue weighted by molar-refractivity contribution is 7.90. The van der Waals surface area contributed by atoms with E-state index in [2.05, 4.69) is 0 Å². The maximum atomic E-state index is 15.0. The van der Waals surface area contributed by atoms with Gasteiger partial charge in [0.15, 0.2) is 11.6 Å². The van der Waals surface area contributed by atoms with Crippen molar-refractivity contribution in [3.05, 3.63) is 89.6 Å². The molecule has 156 valence electrons. The van der Waals surface area contributed by atoms with Crippen LogP contribution in [-0.4, -0.2) is 17.5 Å².